The van der Waals surface area contributed by atoms with E-state index in [2.05, 4.69) is 6.58 Å². The predicted molar refractivity (Wildman–Crippen MR) is 101 cm³/mol. The Bertz CT molecular complexity index is 656. The van der Waals surface area contributed by atoms with Gasteiger partial charge in [0.25, 0.3) is 0 Å². The van der Waals surface area contributed by atoms with Crippen LogP contribution in [0.4, 0.5) is 9.59 Å². The number of β-amino-alcohol motifs (C(OH)–C–C–N with tert-alkyl or cyclic N) is 1. The lowest BCUT2D eigenvalue weighted by Crippen LogP contribution is -2.47. The topological polar surface area (TPSA) is 79.3 Å². The number of hydrogen-bond donors (Lipinski definition) is 1. The number of nitrogens with zero attached hydrogens (tertiary/aromatic N) is 2. The Morgan fingerprint density at radius 3 is 2.56 bits per heavy atom. The van der Waals surface area contributed by atoms with Crippen molar-refractivity contribution in [2.24, 2.45) is 0 Å². The summed E-state index contributed by atoms with van der Waals surface area (Å²) >= 11 is 0. The van der Waals surface area contributed by atoms with E-state index in [0.29, 0.717) is 0 Å². The number of amides is 2. The molecule has 1 aromatic rings. The molecule has 0 spiro atoms. The van der Waals surface area contributed by atoms with Gasteiger partial charge in [-0.15, -0.1) is 0 Å². The van der Waals surface area contributed by atoms with E-state index in [1.807, 2.05) is 30.3 Å². The normalized spacial score (nSPS) is 19.5. The molecule has 1 aliphatic rings. The second-order valence-electron chi connectivity index (χ2n) is 7.50. The van der Waals surface area contributed by atoms with Crippen LogP contribution in [-0.4, -0.2) is 64.5 Å². The number of rotatable bonds is 5. The quantitative estimate of drug-likeness (QED) is 0.800. The highest BCUT2D eigenvalue weighted by atomic mass is 16.6. The number of carbonyl (C=O) groups excluding carboxylic acids is 2. The molecule has 1 aliphatic heterocycles. The number of aliphatic hydroxyl groups is 1. The van der Waals surface area contributed by atoms with Crippen LogP contribution in [0.15, 0.2) is 43.0 Å². The predicted octanol–water partition coefficient (Wildman–Crippen LogP) is 2.79. The Hall–Kier alpha value is -2.54. The van der Waals surface area contributed by atoms with Crippen LogP contribution in [0.5, 0.6) is 0 Å². The monoisotopic (exact) mass is 376 g/mol. The lowest BCUT2D eigenvalue weighted by Gasteiger charge is -2.30. The SMILES string of the molecule is C=CCOC(=O)N(Cc1ccccc1)[C@@H]1CN(C(=O)OC(C)(C)C)C[C@H]1O. The van der Waals surface area contributed by atoms with Gasteiger partial charge in [-0.05, 0) is 26.3 Å². The first-order valence-corrected chi connectivity index (χ1v) is 8.95. The molecular formula is C20H28N2O5. The summed E-state index contributed by atoms with van der Waals surface area (Å²) < 4.78 is 10.6. The van der Waals surface area contributed by atoms with E-state index in [4.69, 9.17) is 9.47 Å². The first-order chi connectivity index (χ1) is 12.7. The van der Waals surface area contributed by atoms with Crippen LogP contribution in [-0.2, 0) is 16.0 Å². The number of benzene rings is 1. The second kappa shape index (κ2) is 8.90. The zero-order chi connectivity index (χ0) is 20.0. The van der Waals surface area contributed by atoms with Crippen molar-refractivity contribution in [3.8, 4) is 0 Å². The molecule has 0 saturated carbocycles. The first kappa shape index (κ1) is 20.8. The fourth-order valence-corrected chi connectivity index (χ4v) is 2.86. The average molecular weight is 376 g/mol. The Kier molecular flexibility index (Phi) is 6.85. The molecule has 2 amide bonds. The van der Waals surface area contributed by atoms with Gasteiger partial charge in [-0.25, -0.2) is 9.59 Å². The zero-order valence-corrected chi connectivity index (χ0v) is 16.1. The summed E-state index contributed by atoms with van der Waals surface area (Å²) in [5.41, 5.74) is 0.267. The van der Waals surface area contributed by atoms with E-state index >= 15 is 0 Å². The van der Waals surface area contributed by atoms with Crippen LogP contribution in [0.1, 0.15) is 26.3 Å². The number of aliphatic hydroxyl groups excluding tert-OH is 1. The number of ether oxygens (including phenoxy) is 2. The Balaban J connectivity index is 2.15. The molecular weight excluding hydrogens is 348 g/mol. The summed E-state index contributed by atoms with van der Waals surface area (Å²) in [6.07, 6.45) is -0.481. The number of likely N-dealkylation sites (tertiary alicyclic amines) is 1. The van der Waals surface area contributed by atoms with Crippen LogP contribution in [0.2, 0.25) is 0 Å². The fraction of sp³-hybridized carbons (Fsp3) is 0.500. The van der Waals surface area contributed by atoms with Crippen LogP contribution >= 0.6 is 0 Å². The minimum Gasteiger partial charge on any atom is -0.445 e. The average Bonchev–Trinajstić information content (AvgIpc) is 2.99. The second-order valence-corrected chi connectivity index (χ2v) is 7.50. The number of carbonyl (C=O) groups is 2. The van der Waals surface area contributed by atoms with Crippen molar-refractivity contribution in [2.75, 3.05) is 19.7 Å². The standard InChI is InChI=1S/C20H28N2O5/c1-5-11-26-19(25)22(12-15-9-7-6-8-10-15)16-13-21(14-17(16)23)18(24)27-20(2,3)4/h5-10,16-17,23H,1,11-14H2,2-4H3/t16-,17-/m1/s1. The molecule has 7 nitrogen and oxygen atoms in total. The van der Waals surface area contributed by atoms with Gasteiger partial charge in [0.2, 0.25) is 0 Å². The maximum absolute atomic E-state index is 12.6. The minimum absolute atomic E-state index is 0.0721. The third-order valence-electron chi connectivity index (χ3n) is 4.07. The molecule has 7 heteroatoms. The zero-order valence-electron chi connectivity index (χ0n) is 16.1. The van der Waals surface area contributed by atoms with Crippen molar-refractivity contribution in [1.82, 2.24) is 9.80 Å². The molecule has 0 aliphatic carbocycles. The number of hydrogen-bond acceptors (Lipinski definition) is 5. The van der Waals surface area contributed by atoms with E-state index in [9.17, 15) is 14.7 Å². The van der Waals surface area contributed by atoms with Crippen molar-refractivity contribution in [2.45, 2.75) is 45.1 Å². The van der Waals surface area contributed by atoms with Gasteiger partial charge in [0.1, 0.15) is 12.2 Å². The fourth-order valence-electron chi connectivity index (χ4n) is 2.86. The smallest absolute Gasteiger partial charge is 0.410 e. The van der Waals surface area contributed by atoms with E-state index in [1.54, 1.807) is 20.8 Å². The molecule has 0 aromatic heterocycles. The van der Waals surface area contributed by atoms with Gasteiger partial charge in [0.05, 0.1) is 18.7 Å². The molecule has 27 heavy (non-hydrogen) atoms. The van der Waals surface area contributed by atoms with Crippen molar-refractivity contribution >= 4 is 12.2 Å². The van der Waals surface area contributed by atoms with Crippen LogP contribution < -0.4 is 0 Å². The van der Waals surface area contributed by atoms with Crippen LogP contribution in [0.3, 0.4) is 0 Å². The molecule has 1 N–H and O–H groups in total. The van der Waals surface area contributed by atoms with Crippen LogP contribution in [0.25, 0.3) is 0 Å². The largest absolute Gasteiger partial charge is 0.445 e. The minimum atomic E-state index is -0.891. The third-order valence-corrected chi connectivity index (χ3v) is 4.07. The van der Waals surface area contributed by atoms with Crippen molar-refractivity contribution < 1.29 is 24.2 Å². The molecule has 1 fully saturated rings. The molecule has 1 heterocycles. The molecule has 2 atom stereocenters. The van der Waals surface area contributed by atoms with E-state index in [0.717, 1.165) is 5.56 Å². The summed E-state index contributed by atoms with van der Waals surface area (Å²) in [5.74, 6) is 0. The summed E-state index contributed by atoms with van der Waals surface area (Å²) in [5, 5.41) is 10.5. The highest BCUT2D eigenvalue weighted by Crippen LogP contribution is 2.22. The maximum Gasteiger partial charge on any atom is 0.410 e. The molecule has 1 saturated heterocycles. The van der Waals surface area contributed by atoms with E-state index in [-0.39, 0.29) is 26.2 Å². The van der Waals surface area contributed by atoms with Gasteiger partial charge in [-0.2, -0.15) is 0 Å². The molecule has 148 valence electrons. The van der Waals surface area contributed by atoms with Crippen LogP contribution in [0, 0.1) is 0 Å². The van der Waals surface area contributed by atoms with Crippen molar-refractivity contribution in [3.05, 3.63) is 48.6 Å². The maximum atomic E-state index is 12.6. The first-order valence-electron chi connectivity index (χ1n) is 8.95. The van der Waals surface area contributed by atoms with Gasteiger partial charge < -0.3 is 19.5 Å². The Labute approximate surface area is 160 Å². The van der Waals surface area contributed by atoms with Gasteiger partial charge >= 0.3 is 12.2 Å². The lowest BCUT2D eigenvalue weighted by atomic mass is 10.1. The molecule has 0 radical (unpaired) electrons. The lowest BCUT2D eigenvalue weighted by molar-refractivity contribution is 0.0268. The summed E-state index contributed by atoms with van der Waals surface area (Å²) in [7, 11) is 0. The van der Waals surface area contributed by atoms with Crippen molar-refractivity contribution in [1.29, 1.82) is 0 Å². The highest BCUT2D eigenvalue weighted by Gasteiger charge is 2.41. The molecule has 0 bridgehead atoms. The van der Waals surface area contributed by atoms with Gasteiger partial charge in [0, 0.05) is 13.1 Å². The van der Waals surface area contributed by atoms with Crippen molar-refractivity contribution in [3.63, 3.8) is 0 Å². The summed E-state index contributed by atoms with van der Waals surface area (Å²) in [6, 6.07) is 8.83. The Morgan fingerprint density at radius 2 is 1.96 bits per heavy atom. The van der Waals surface area contributed by atoms with Gasteiger partial charge in [-0.1, -0.05) is 43.0 Å². The van der Waals surface area contributed by atoms with Gasteiger partial charge in [-0.3, -0.25) is 4.90 Å². The van der Waals surface area contributed by atoms with E-state index < -0.39 is 29.9 Å². The van der Waals surface area contributed by atoms with E-state index in [1.165, 1.54) is 15.9 Å². The summed E-state index contributed by atoms with van der Waals surface area (Å²) in [6.45, 7) is 9.49. The highest BCUT2D eigenvalue weighted by molar-refractivity contribution is 5.71. The Morgan fingerprint density at radius 1 is 1.30 bits per heavy atom. The molecule has 2 rings (SSSR count). The summed E-state index contributed by atoms with van der Waals surface area (Å²) in [4.78, 5) is 27.7. The third kappa shape index (κ3) is 5.99. The van der Waals surface area contributed by atoms with Gasteiger partial charge in [0.15, 0.2) is 0 Å². The molecule has 0 unspecified atom stereocenters. The molecule has 1 aromatic carbocycles.